The predicted octanol–water partition coefficient (Wildman–Crippen LogP) is 4.52. The Morgan fingerprint density at radius 2 is 1.61 bits per heavy atom. The molecule has 18 heavy (non-hydrogen) atoms. The summed E-state index contributed by atoms with van der Waals surface area (Å²) < 4.78 is 0. The van der Waals surface area contributed by atoms with Crippen LogP contribution in [0.4, 0.5) is 0 Å². The van der Waals surface area contributed by atoms with Crippen molar-refractivity contribution in [3.8, 4) is 0 Å². The van der Waals surface area contributed by atoms with Gasteiger partial charge in [-0.3, -0.25) is 5.10 Å². The highest BCUT2D eigenvalue weighted by molar-refractivity contribution is 6.38. The largest absolute Gasteiger partial charge is 0.278 e. The molecule has 0 aliphatic carbocycles. The molecular weight excluding hydrogens is 244 g/mol. The third-order valence-electron chi connectivity index (χ3n) is 3.37. The third kappa shape index (κ3) is 1.27. The second-order valence-corrected chi connectivity index (χ2v) is 4.84. The van der Waals surface area contributed by atoms with Gasteiger partial charge in [0.15, 0.2) is 0 Å². The van der Waals surface area contributed by atoms with Crippen molar-refractivity contribution in [1.29, 1.82) is 0 Å². The predicted molar refractivity (Wildman–Crippen MR) is 76.1 cm³/mol. The summed E-state index contributed by atoms with van der Waals surface area (Å²) in [6.07, 6.45) is 1.85. The maximum absolute atomic E-state index is 6.35. The number of fused-ring (bicyclic) bond motifs is 4. The van der Waals surface area contributed by atoms with Crippen LogP contribution in [0, 0.1) is 0 Å². The highest BCUT2D eigenvalue weighted by Gasteiger charge is 2.07. The molecule has 4 aromatic rings. The smallest absolute Gasteiger partial charge is 0.0671 e. The van der Waals surface area contributed by atoms with E-state index in [1.54, 1.807) is 0 Å². The van der Waals surface area contributed by atoms with Gasteiger partial charge >= 0.3 is 0 Å². The number of aromatic amines is 1. The molecule has 1 heterocycles. The van der Waals surface area contributed by atoms with Crippen LogP contribution in [-0.4, -0.2) is 10.2 Å². The van der Waals surface area contributed by atoms with E-state index in [-0.39, 0.29) is 0 Å². The molecule has 3 heteroatoms. The zero-order valence-electron chi connectivity index (χ0n) is 9.44. The number of halogens is 1. The van der Waals surface area contributed by atoms with Gasteiger partial charge in [-0.2, -0.15) is 5.10 Å². The Bertz CT molecular complexity index is 893. The molecule has 2 nitrogen and oxygen atoms in total. The fraction of sp³-hybridized carbons (Fsp3) is 0. The summed E-state index contributed by atoms with van der Waals surface area (Å²) in [4.78, 5) is 0. The van der Waals surface area contributed by atoms with Crippen molar-refractivity contribution >= 4 is 44.0 Å². The van der Waals surface area contributed by atoms with E-state index in [0.29, 0.717) is 0 Å². The van der Waals surface area contributed by atoms with Crippen molar-refractivity contribution in [1.82, 2.24) is 10.2 Å². The van der Waals surface area contributed by atoms with Crippen LogP contribution in [0.1, 0.15) is 0 Å². The molecule has 4 rings (SSSR count). The molecule has 0 unspecified atom stereocenters. The fourth-order valence-corrected chi connectivity index (χ4v) is 2.75. The van der Waals surface area contributed by atoms with Crippen molar-refractivity contribution in [3.63, 3.8) is 0 Å². The molecule has 0 fully saturated rings. The van der Waals surface area contributed by atoms with Gasteiger partial charge < -0.3 is 0 Å². The summed E-state index contributed by atoms with van der Waals surface area (Å²) in [6, 6.07) is 14.5. The first-order chi connectivity index (χ1) is 8.83. The van der Waals surface area contributed by atoms with Gasteiger partial charge in [0.25, 0.3) is 0 Å². The molecule has 0 amide bonds. The van der Waals surface area contributed by atoms with Gasteiger partial charge in [0.1, 0.15) is 0 Å². The third-order valence-corrected chi connectivity index (χ3v) is 3.69. The average Bonchev–Trinajstić information content (AvgIpc) is 2.85. The molecule has 1 aromatic heterocycles. The molecule has 0 saturated carbocycles. The van der Waals surface area contributed by atoms with Crippen LogP contribution < -0.4 is 0 Å². The number of aromatic nitrogens is 2. The van der Waals surface area contributed by atoms with E-state index in [4.69, 9.17) is 11.6 Å². The van der Waals surface area contributed by atoms with Crippen molar-refractivity contribution < 1.29 is 0 Å². The lowest BCUT2D eigenvalue weighted by Gasteiger charge is -2.05. The van der Waals surface area contributed by atoms with Gasteiger partial charge in [0.2, 0.25) is 0 Å². The minimum atomic E-state index is 0.757. The van der Waals surface area contributed by atoms with Crippen LogP contribution in [0.5, 0.6) is 0 Å². The Hall–Kier alpha value is -2.06. The SMILES string of the molecule is Clc1cc2[nH]ncc2c2cc3ccccc3cc12. The molecule has 0 atom stereocenters. The summed E-state index contributed by atoms with van der Waals surface area (Å²) in [5.74, 6) is 0. The lowest BCUT2D eigenvalue weighted by Crippen LogP contribution is -1.79. The molecule has 0 saturated heterocycles. The zero-order valence-corrected chi connectivity index (χ0v) is 10.2. The Labute approximate surface area is 108 Å². The molecule has 0 bridgehead atoms. The van der Waals surface area contributed by atoms with E-state index >= 15 is 0 Å². The van der Waals surface area contributed by atoms with Gasteiger partial charge in [-0.1, -0.05) is 35.9 Å². The Morgan fingerprint density at radius 1 is 0.889 bits per heavy atom. The van der Waals surface area contributed by atoms with Gasteiger partial charge in [-0.15, -0.1) is 0 Å². The Morgan fingerprint density at radius 3 is 2.39 bits per heavy atom. The van der Waals surface area contributed by atoms with Gasteiger partial charge in [0, 0.05) is 10.8 Å². The molecule has 0 aliphatic heterocycles. The van der Waals surface area contributed by atoms with Crippen molar-refractivity contribution in [2.75, 3.05) is 0 Å². The normalized spacial score (nSPS) is 11.6. The maximum Gasteiger partial charge on any atom is 0.0671 e. The summed E-state index contributed by atoms with van der Waals surface area (Å²) in [7, 11) is 0. The lowest BCUT2D eigenvalue weighted by molar-refractivity contribution is 1.12. The summed E-state index contributed by atoms with van der Waals surface area (Å²) in [5, 5.41) is 13.6. The van der Waals surface area contributed by atoms with Crippen LogP contribution >= 0.6 is 11.6 Å². The molecular formula is C15H9ClN2. The molecule has 0 spiro atoms. The quantitative estimate of drug-likeness (QED) is 0.458. The Kier molecular flexibility index (Phi) is 1.91. The van der Waals surface area contributed by atoms with Crippen LogP contribution in [0.2, 0.25) is 5.02 Å². The van der Waals surface area contributed by atoms with Gasteiger partial charge in [-0.05, 0) is 34.4 Å². The number of H-pyrrole nitrogens is 1. The standard InChI is InChI=1S/C15H9ClN2/c16-14-7-15-13(8-17-18-15)11-5-9-3-1-2-4-10(9)6-12(11)14/h1-8H,(H,17,18). The number of nitrogens with one attached hydrogen (secondary N) is 1. The van der Waals surface area contributed by atoms with E-state index in [9.17, 15) is 0 Å². The monoisotopic (exact) mass is 252 g/mol. The van der Waals surface area contributed by atoms with E-state index in [1.165, 1.54) is 10.8 Å². The first-order valence-electron chi connectivity index (χ1n) is 5.77. The first-order valence-corrected chi connectivity index (χ1v) is 6.15. The minimum absolute atomic E-state index is 0.757. The van der Waals surface area contributed by atoms with E-state index in [0.717, 1.165) is 26.7 Å². The van der Waals surface area contributed by atoms with Crippen molar-refractivity contribution in [2.24, 2.45) is 0 Å². The second-order valence-electron chi connectivity index (χ2n) is 4.43. The zero-order chi connectivity index (χ0) is 12.1. The minimum Gasteiger partial charge on any atom is -0.278 e. The van der Waals surface area contributed by atoms with Gasteiger partial charge in [-0.25, -0.2) is 0 Å². The highest BCUT2D eigenvalue weighted by atomic mass is 35.5. The topological polar surface area (TPSA) is 28.7 Å². The molecule has 86 valence electrons. The number of nitrogens with zero attached hydrogens (tertiary/aromatic N) is 1. The lowest BCUT2D eigenvalue weighted by atomic mass is 10.0. The van der Waals surface area contributed by atoms with Crippen LogP contribution in [0.3, 0.4) is 0 Å². The molecule has 0 radical (unpaired) electrons. The maximum atomic E-state index is 6.35. The van der Waals surface area contributed by atoms with Crippen LogP contribution in [0.15, 0.2) is 48.7 Å². The van der Waals surface area contributed by atoms with Crippen LogP contribution in [-0.2, 0) is 0 Å². The average molecular weight is 253 g/mol. The fourth-order valence-electron chi connectivity index (χ4n) is 2.49. The molecule has 1 N–H and O–H groups in total. The Balaban J connectivity index is 2.32. The number of hydrogen-bond acceptors (Lipinski definition) is 1. The van der Waals surface area contributed by atoms with E-state index < -0.39 is 0 Å². The molecule has 3 aromatic carbocycles. The second kappa shape index (κ2) is 3.47. The first kappa shape index (κ1) is 9.92. The van der Waals surface area contributed by atoms with E-state index in [1.807, 2.05) is 24.4 Å². The highest BCUT2D eigenvalue weighted by Crippen LogP contribution is 2.33. The number of rotatable bonds is 0. The van der Waals surface area contributed by atoms with Crippen LogP contribution in [0.25, 0.3) is 32.4 Å². The van der Waals surface area contributed by atoms with Crippen molar-refractivity contribution in [3.05, 3.63) is 53.7 Å². The van der Waals surface area contributed by atoms with Crippen molar-refractivity contribution in [2.45, 2.75) is 0 Å². The summed E-state index contributed by atoms with van der Waals surface area (Å²) >= 11 is 6.35. The number of hydrogen-bond donors (Lipinski definition) is 1. The van der Waals surface area contributed by atoms with Gasteiger partial charge in [0.05, 0.1) is 16.7 Å². The summed E-state index contributed by atoms with van der Waals surface area (Å²) in [5.41, 5.74) is 0.975. The molecule has 0 aliphatic rings. The van der Waals surface area contributed by atoms with E-state index in [2.05, 4.69) is 34.5 Å². The summed E-state index contributed by atoms with van der Waals surface area (Å²) in [6.45, 7) is 0. The number of benzene rings is 3.